The molecule has 5 nitrogen and oxygen atoms in total. The number of aromatic nitrogens is 1. The normalized spacial score (nSPS) is 22.0. The number of amides is 1. The van der Waals surface area contributed by atoms with Gasteiger partial charge in [0.05, 0.1) is 12.6 Å². The predicted molar refractivity (Wildman–Crippen MR) is 131 cm³/mol. The summed E-state index contributed by atoms with van der Waals surface area (Å²) >= 11 is 1.64. The van der Waals surface area contributed by atoms with E-state index in [0.29, 0.717) is 10.7 Å². The minimum atomic E-state index is -5.83. The van der Waals surface area contributed by atoms with Crippen LogP contribution in [0.2, 0.25) is 0 Å². The number of carbonyl (C=O) groups is 1. The lowest BCUT2D eigenvalue weighted by atomic mass is 9.83. The summed E-state index contributed by atoms with van der Waals surface area (Å²) in [4.78, 5) is 27.2. The van der Waals surface area contributed by atoms with Gasteiger partial charge in [-0.3, -0.25) is 19.3 Å². The van der Waals surface area contributed by atoms with Crippen molar-refractivity contribution in [3.8, 4) is 0 Å². The topological polar surface area (TPSA) is 45.6 Å². The minimum Gasteiger partial charge on any atom is -0.312 e. The summed E-state index contributed by atoms with van der Waals surface area (Å²) in [5.41, 5.74) is 2.13. The molecule has 0 N–H and O–H groups in total. The minimum absolute atomic E-state index is 0.0143. The molecule has 0 spiro atoms. The second kappa shape index (κ2) is 9.04. The molecule has 11 heteroatoms. The standard InChI is InChI=1S/C26H24F5N3O2S/c1-15-6-5-9-20-21(15)23(18-8-4-3-7-17(18)12-37-20)34-14-32(13-25(27,28)26(29,30)31)24(36)22-16(2)19(35)10-11-33(22)34/h3-5,7-11,15,23H,6,12-14H2,1-2H3. The Labute approximate surface area is 214 Å². The third kappa shape index (κ3) is 4.26. The van der Waals surface area contributed by atoms with Crippen LogP contribution in [0.1, 0.15) is 46.6 Å². The number of fused-ring (bicyclic) bond motifs is 2. The zero-order valence-corrected chi connectivity index (χ0v) is 20.9. The summed E-state index contributed by atoms with van der Waals surface area (Å²) < 4.78 is 69.4. The van der Waals surface area contributed by atoms with E-state index in [1.165, 1.54) is 23.9 Å². The van der Waals surface area contributed by atoms with Crippen LogP contribution in [-0.2, 0) is 5.75 Å². The molecule has 1 aliphatic carbocycles. The summed E-state index contributed by atoms with van der Waals surface area (Å²) in [6.45, 7) is 1.06. The third-order valence-electron chi connectivity index (χ3n) is 7.11. The third-order valence-corrected chi connectivity index (χ3v) is 8.25. The highest BCUT2D eigenvalue weighted by atomic mass is 32.2. The van der Waals surface area contributed by atoms with Crippen molar-refractivity contribution < 1.29 is 26.7 Å². The van der Waals surface area contributed by atoms with E-state index in [4.69, 9.17) is 0 Å². The van der Waals surface area contributed by atoms with Crippen molar-refractivity contribution in [2.75, 3.05) is 18.2 Å². The molecule has 2 atom stereocenters. The molecule has 2 aromatic rings. The van der Waals surface area contributed by atoms with Gasteiger partial charge in [0.15, 0.2) is 5.43 Å². The predicted octanol–water partition coefficient (Wildman–Crippen LogP) is 5.54. The molecule has 37 heavy (non-hydrogen) atoms. The van der Waals surface area contributed by atoms with Gasteiger partial charge in [-0.2, -0.15) is 22.0 Å². The molecule has 3 aliphatic rings. The van der Waals surface area contributed by atoms with Crippen LogP contribution in [-0.4, -0.2) is 40.8 Å². The van der Waals surface area contributed by atoms with Crippen molar-refractivity contribution >= 4 is 17.7 Å². The summed E-state index contributed by atoms with van der Waals surface area (Å²) in [5, 5.41) is 1.63. The van der Waals surface area contributed by atoms with Crippen LogP contribution in [0.4, 0.5) is 22.0 Å². The molecular weight excluding hydrogens is 513 g/mol. The fourth-order valence-electron chi connectivity index (χ4n) is 5.17. The van der Waals surface area contributed by atoms with E-state index < -0.39 is 42.7 Å². The number of pyridine rings is 1. The molecule has 0 bridgehead atoms. The van der Waals surface area contributed by atoms with Crippen molar-refractivity contribution in [2.45, 2.75) is 44.2 Å². The zero-order chi connectivity index (χ0) is 26.7. The highest BCUT2D eigenvalue weighted by Crippen LogP contribution is 2.47. The van der Waals surface area contributed by atoms with Crippen molar-refractivity contribution in [1.82, 2.24) is 9.58 Å². The first kappa shape index (κ1) is 25.6. The Kier molecular flexibility index (Phi) is 6.24. The van der Waals surface area contributed by atoms with Gasteiger partial charge in [0.2, 0.25) is 0 Å². The number of halogens is 5. The van der Waals surface area contributed by atoms with Crippen LogP contribution >= 0.6 is 11.8 Å². The number of alkyl halides is 5. The quantitative estimate of drug-likeness (QED) is 0.483. The van der Waals surface area contributed by atoms with E-state index in [1.54, 1.807) is 16.8 Å². The van der Waals surface area contributed by atoms with Gasteiger partial charge in [-0.25, -0.2) is 0 Å². The number of nitrogens with zero attached hydrogens (tertiary/aromatic N) is 3. The maximum absolute atomic E-state index is 14.2. The van der Waals surface area contributed by atoms with Gasteiger partial charge in [-0.15, -0.1) is 11.8 Å². The molecule has 0 saturated heterocycles. The second-order valence-corrected chi connectivity index (χ2v) is 10.6. The number of hydrogen-bond acceptors (Lipinski definition) is 4. The largest absolute Gasteiger partial charge is 0.455 e. The maximum Gasteiger partial charge on any atom is 0.455 e. The average molecular weight is 538 g/mol. The number of thioether (sulfide) groups is 1. The van der Waals surface area contributed by atoms with Crippen LogP contribution < -0.4 is 10.4 Å². The summed E-state index contributed by atoms with van der Waals surface area (Å²) in [6, 6.07) is 8.34. The molecule has 1 aromatic carbocycles. The van der Waals surface area contributed by atoms with Crippen LogP contribution in [0.25, 0.3) is 0 Å². The summed E-state index contributed by atoms with van der Waals surface area (Å²) in [7, 11) is 0. The van der Waals surface area contributed by atoms with Crippen LogP contribution in [0.3, 0.4) is 0 Å². The summed E-state index contributed by atoms with van der Waals surface area (Å²) in [5.74, 6) is -5.46. The number of allylic oxidation sites excluding steroid dienone is 2. The smallest absolute Gasteiger partial charge is 0.312 e. The van der Waals surface area contributed by atoms with E-state index in [-0.39, 0.29) is 17.2 Å². The monoisotopic (exact) mass is 537 g/mol. The fourth-order valence-corrected chi connectivity index (χ4v) is 6.42. The molecule has 1 amide bonds. The van der Waals surface area contributed by atoms with Gasteiger partial charge >= 0.3 is 12.1 Å². The lowest BCUT2D eigenvalue weighted by molar-refractivity contribution is -0.284. The second-order valence-electron chi connectivity index (χ2n) is 9.53. The highest BCUT2D eigenvalue weighted by molar-refractivity contribution is 8.02. The lowest BCUT2D eigenvalue weighted by Crippen LogP contribution is -2.60. The number of rotatable bonds is 3. The van der Waals surface area contributed by atoms with Crippen molar-refractivity contribution in [3.63, 3.8) is 0 Å². The van der Waals surface area contributed by atoms with Gasteiger partial charge in [0.1, 0.15) is 12.4 Å². The van der Waals surface area contributed by atoms with Gasteiger partial charge < -0.3 is 4.90 Å². The zero-order valence-electron chi connectivity index (χ0n) is 20.1. The first-order chi connectivity index (χ1) is 17.4. The van der Waals surface area contributed by atoms with Gasteiger partial charge in [-0.05, 0) is 36.0 Å². The molecule has 2 aliphatic heterocycles. The van der Waals surface area contributed by atoms with E-state index in [0.717, 1.165) is 28.0 Å². The van der Waals surface area contributed by atoms with Crippen LogP contribution in [0.5, 0.6) is 0 Å². The molecule has 196 valence electrons. The SMILES string of the molecule is Cc1c2n(ccc1=O)N(C1C3=C(C=CCC3C)SCc3ccccc31)CN(CC(F)(F)C(F)(F)F)C2=O. The molecular formula is C26H24F5N3O2S. The average Bonchev–Trinajstić information content (AvgIpc) is 3.00. The van der Waals surface area contributed by atoms with Crippen molar-refractivity contribution in [3.05, 3.63) is 91.8 Å². The van der Waals surface area contributed by atoms with E-state index in [9.17, 15) is 31.5 Å². The molecule has 0 fully saturated rings. The molecule has 3 heterocycles. The Balaban J connectivity index is 1.73. The molecule has 0 radical (unpaired) electrons. The Morgan fingerprint density at radius 3 is 2.54 bits per heavy atom. The fraction of sp³-hybridized carbons (Fsp3) is 0.385. The molecule has 5 rings (SSSR count). The first-order valence-corrected chi connectivity index (χ1v) is 12.7. The summed E-state index contributed by atoms with van der Waals surface area (Å²) in [6.07, 6.45) is 0.378. The number of benzene rings is 1. The van der Waals surface area contributed by atoms with Crippen molar-refractivity contribution in [2.24, 2.45) is 5.92 Å². The van der Waals surface area contributed by atoms with Crippen LogP contribution in [0.15, 0.2) is 64.0 Å². The first-order valence-electron chi connectivity index (χ1n) is 11.7. The van der Waals surface area contributed by atoms with E-state index in [1.807, 2.05) is 37.3 Å². The van der Waals surface area contributed by atoms with E-state index >= 15 is 0 Å². The number of carbonyl (C=O) groups excluding carboxylic acids is 1. The van der Waals surface area contributed by atoms with Gasteiger partial charge in [-0.1, -0.05) is 43.3 Å². The lowest BCUT2D eigenvalue weighted by Gasteiger charge is -2.46. The molecule has 2 unspecified atom stereocenters. The van der Waals surface area contributed by atoms with Gasteiger partial charge in [0.25, 0.3) is 5.91 Å². The Morgan fingerprint density at radius 2 is 1.81 bits per heavy atom. The van der Waals surface area contributed by atoms with Crippen LogP contribution in [0, 0.1) is 12.8 Å². The Hall–Kier alpha value is -3.08. The van der Waals surface area contributed by atoms with E-state index in [2.05, 4.69) is 6.08 Å². The highest BCUT2D eigenvalue weighted by Gasteiger charge is 2.59. The Morgan fingerprint density at radius 1 is 1.08 bits per heavy atom. The number of hydrogen-bond donors (Lipinski definition) is 0. The Bertz CT molecular complexity index is 1380. The van der Waals surface area contributed by atoms with Crippen molar-refractivity contribution in [1.29, 1.82) is 0 Å². The maximum atomic E-state index is 14.2. The van der Waals surface area contributed by atoms with Gasteiger partial charge in [0, 0.05) is 28.5 Å². The molecule has 1 aromatic heterocycles. The molecule has 0 saturated carbocycles.